The van der Waals surface area contributed by atoms with E-state index in [2.05, 4.69) is 0 Å². The van der Waals surface area contributed by atoms with Crippen molar-refractivity contribution in [2.45, 2.75) is 12.5 Å². The third-order valence-corrected chi connectivity index (χ3v) is 2.38. The van der Waals surface area contributed by atoms with Crippen molar-refractivity contribution in [2.24, 2.45) is 5.73 Å². The molecule has 0 spiro atoms. The molecule has 13 heavy (non-hydrogen) atoms. The van der Waals surface area contributed by atoms with Gasteiger partial charge in [-0.15, -0.1) is 0 Å². The summed E-state index contributed by atoms with van der Waals surface area (Å²) in [5, 5.41) is 9.89. The predicted molar refractivity (Wildman–Crippen MR) is 55.1 cm³/mol. The maximum absolute atomic E-state index is 8.70. The van der Waals surface area contributed by atoms with Crippen LogP contribution in [0.15, 0.2) is 18.2 Å². The van der Waals surface area contributed by atoms with Gasteiger partial charge in [-0.05, 0) is 30.2 Å². The van der Waals surface area contributed by atoms with Crippen LogP contribution in [0.5, 0.6) is 0 Å². The molecule has 0 aromatic heterocycles. The van der Waals surface area contributed by atoms with Gasteiger partial charge in [0, 0.05) is 22.7 Å². The number of aliphatic hydroxyl groups is 1. The molecule has 0 bridgehead atoms. The zero-order valence-corrected chi connectivity index (χ0v) is 8.52. The normalized spacial score (nSPS) is 12.9. The number of halogens is 2. The first kappa shape index (κ1) is 10.8. The summed E-state index contributed by atoms with van der Waals surface area (Å²) < 4.78 is 0. The highest BCUT2D eigenvalue weighted by Crippen LogP contribution is 2.26. The zero-order chi connectivity index (χ0) is 9.84. The van der Waals surface area contributed by atoms with Crippen LogP contribution in [0.2, 0.25) is 10.0 Å². The van der Waals surface area contributed by atoms with Gasteiger partial charge in [0.25, 0.3) is 0 Å². The summed E-state index contributed by atoms with van der Waals surface area (Å²) in [6, 6.07) is 4.89. The minimum atomic E-state index is -0.254. The fourth-order valence-corrected chi connectivity index (χ4v) is 1.53. The molecule has 0 saturated heterocycles. The molecule has 1 rings (SSSR count). The van der Waals surface area contributed by atoms with E-state index in [-0.39, 0.29) is 12.6 Å². The molecule has 2 nitrogen and oxygen atoms in total. The first-order valence-corrected chi connectivity index (χ1v) is 4.72. The molecule has 0 aliphatic heterocycles. The fourth-order valence-electron chi connectivity index (χ4n) is 1.09. The van der Waals surface area contributed by atoms with Crippen LogP contribution in [0.25, 0.3) is 0 Å². The second kappa shape index (κ2) is 4.82. The Labute approximate surface area is 87.3 Å². The second-order valence-corrected chi connectivity index (χ2v) is 3.63. The monoisotopic (exact) mass is 219 g/mol. The number of hydrogen-bond donors (Lipinski definition) is 2. The van der Waals surface area contributed by atoms with Gasteiger partial charge in [-0.1, -0.05) is 23.2 Å². The molecule has 3 N–H and O–H groups in total. The zero-order valence-electron chi connectivity index (χ0n) is 7.00. The molecule has 0 radical (unpaired) electrons. The van der Waals surface area contributed by atoms with Gasteiger partial charge in [0.1, 0.15) is 0 Å². The smallest absolute Gasteiger partial charge is 0.0454 e. The summed E-state index contributed by atoms with van der Waals surface area (Å²) in [5.41, 5.74) is 6.55. The van der Waals surface area contributed by atoms with Crippen LogP contribution in [0, 0.1) is 0 Å². The summed E-state index contributed by atoms with van der Waals surface area (Å²) in [5.74, 6) is 0. The Balaban J connectivity index is 2.91. The minimum Gasteiger partial charge on any atom is -0.396 e. The molecule has 0 amide bonds. The van der Waals surface area contributed by atoms with Gasteiger partial charge in [-0.25, -0.2) is 0 Å². The SMILES string of the molecule is NC(CCO)c1cc(Cl)ccc1Cl. The van der Waals surface area contributed by atoms with Gasteiger partial charge in [0.15, 0.2) is 0 Å². The molecule has 0 aliphatic rings. The van der Waals surface area contributed by atoms with Gasteiger partial charge < -0.3 is 10.8 Å². The lowest BCUT2D eigenvalue weighted by Crippen LogP contribution is -2.12. The average molecular weight is 220 g/mol. The Morgan fingerprint density at radius 2 is 2.08 bits per heavy atom. The molecule has 4 heteroatoms. The largest absolute Gasteiger partial charge is 0.396 e. The molecule has 1 aromatic carbocycles. The summed E-state index contributed by atoms with van der Waals surface area (Å²) in [7, 11) is 0. The minimum absolute atomic E-state index is 0.0456. The van der Waals surface area contributed by atoms with E-state index in [0.717, 1.165) is 5.56 Å². The molecule has 1 aromatic rings. The first-order chi connectivity index (χ1) is 6.15. The number of rotatable bonds is 3. The van der Waals surface area contributed by atoms with E-state index >= 15 is 0 Å². The van der Waals surface area contributed by atoms with E-state index in [1.807, 2.05) is 0 Å². The van der Waals surface area contributed by atoms with Crippen molar-refractivity contribution >= 4 is 23.2 Å². The topological polar surface area (TPSA) is 46.2 Å². The highest BCUT2D eigenvalue weighted by atomic mass is 35.5. The van der Waals surface area contributed by atoms with E-state index in [0.29, 0.717) is 16.5 Å². The van der Waals surface area contributed by atoms with Crippen LogP contribution >= 0.6 is 23.2 Å². The van der Waals surface area contributed by atoms with Gasteiger partial charge in [0.2, 0.25) is 0 Å². The molecule has 0 fully saturated rings. The highest BCUT2D eigenvalue weighted by molar-refractivity contribution is 6.33. The molecular formula is C9H11Cl2NO. The number of nitrogens with two attached hydrogens (primary N) is 1. The van der Waals surface area contributed by atoms with Crippen molar-refractivity contribution in [3.8, 4) is 0 Å². The molecule has 0 heterocycles. The lowest BCUT2D eigenvalue weighted by molar-refractivity contribution is 0.276. The lowest BCUT2D eigenvalue weighted by Gasteiger charge is -2.12. The standard InChI is InChI=1S/C9H11Cl2NO/c10-6-1-2-8(11)7(5-6)9(12)3-4-13/h1-2,5,9,13H,3-4,12H2. The van der Waals surface area contributed by atoms with Crippen LogP contribution in [0.1, 0.15) is 18.0 Å². The molecular weight excluding hydrogens is 209 g/mol. The third-order valence-electron chi connectivity index (χ3n) is 1.80. The fraction of sp³-hybridized carbons (Fsp3) is 0.333. The van der Waals surface area contributed by atoms with Crippen LogP contribution in [-0.2, 0) is 0 Å². The number of aliphatic hydroxyl groups excluding tert-OH is 1. The Bertz CT molecular complexity index is 291. The van der Waals surface area contributed by atoms with E-state index in [9.17, 15) is 0 Å². The van der Waals surface area contributed by atoms with E-state index < -0.39 is 0 Å². The average Bonchev–Trinajstić information content (AvgIpc) is 2.09. The maximum atomic E-state index is 8.70. The Morgan fingerprint density at radius 1 is 1.38 bits per heavy atom. The molecule has 1 unspecified atom stereocenters. The Morgan fingerprint density at radius 3 is 2.69 bits per heavy atom. The molecule has 72 valence electrons. The lowest BCUT2D eigenvalue weighted by atomic mass is 10.1. The second-order valence-electron chi connectivity index (χ2n) is 2.78. The van der Waals surface area contributed by atoms with Gasteiger partial charge in [-0.2, -0.15) is 0 Å². The van der Waals surface area contributed by atoms with Crippen LogP contribution in [0.4, 0.5) is 0 Å². The van der Waals surface area contributed by atoms with E-state index in [1.165, 1.54) is 0 Å². The predicted octanol–water partition coefficient (Wildman–Crippen LogP) is 2.38. The summed E-state index contributed by atoms with van der Waals surface area (Å²) in [4.78, 5) is 0. The molecule has 0 saturated carbocycles. The van der Waals surface area contributed by atoms with Gasteiger partial charge >= 0.3 is 0 Å². The van der Waals surface area contributed by atoms with E-state index in [4.69, 9.17) is 34.0 Å². The maximum Gasteiger partial charge on any atom is 0.0454 e. The summed E-state index contributed by atoms with van der Waals surface area (Å²) >= 11 is 11.7. The van der Waals surface area contributed by atoms with Crippen LogP contribution in [-0.4, -0.2) is 11.7 Å². The summed E-state index contributed by atoms with van der Waals surface area (Å²) in [6.45, 7) is 0.0456. The summed E-state index contributed by atoms with van der Waals surface area (Å²) in [6.07, 6.45) is 0.486. The molecule has 0 aliphatic carbocycles. The third kappa shape index (κ3) is 2.85. The Hall–Kier alpha value is -0.280. The van der Waals surface area contributed by atoms with Gasteiger partial charge in [-0.3, -0.25) is 0 Å². The van der Waals surface area contributed by atoms with Crippen molar-refractivity contribution in [1.82, 2.24) is 0 Å². The van der Waals surface area contributed by atoms with Crippen molar-refractivity contribution in [2.75, 3.05) is 6.61 Å². The highest BCUT2D eigenvalue weighted by Gasteiger charge is 2.09. The van der Waals surface area contributed by atoms with Crippen molar-refractivity contribution in [3.05, 3.63) is 33.8 Å². The number of hydrogen-bond acceptors (Lipinski definition) is 2. The van der Waals surface area contributed by atoms with Crippen LogP contribution < -0.4 is 5.73 Å². The molecule has 1 atom stereocenters. The number of benzene rings is 1. The van der Waals surface area contributed by atoms with Crippen molar-refractivity contribution < 1.29 is 5.11 Å². The van der Waals surface area contributed by atoms with Crippen LogP contribution in [0.3, 0.4) is 0 Å². The van der Waals surface area contributed by atoms with E-state index in [1.54, 1.807) is 18.2 Å². The quantitative estimate of drug-likeness (QED) is 0.821. The van der Waals surface area contributed by atoms with Crippen molar-refractivity contribution in [1.29, 1.82) is 0 Å². The van der Waals surface area contributed by atoms with Crippen molar-refractivity contribution in [3.63, 3.8) is 0 Å². The Kier molecular flexibility index (Phi) is 4.00. The first-order valence-electron chi connectivity index (χ1n) is 3.96. The van der Waals surface area contributed by atoms with Gasteiger partial charge in [0.05, 0.1) is 0 Å².